The van der Waals surface area contributed by atoms with Gasteiger partial charge in [-0.05, 0) is 44.0 Å². The summed E-state index contributed by atoms with van der Waals surface area (Å²) in [7, 11) is -3.55. The number of benzene rings is 1. The Bertz CT molecular complexity index is 1040. The molecular weight excluding hydrogens is 406 g/mol. The van der Waals surface area contributed by atoms with Gasteiger partial charge in [-0.15, -0.1) is 11.3 Å². The van der Waals surface area contributed by atoms with Gasteiger partial charge in [-0.25, -0.2) is 8.42 Å². The van der Waals surface area contributed by atoms with Gasteiger partial charge in [0.25, 0.3) is 15.9 Å². The van der Waals surface area contributed by atoms with Gasteiger partial charge < -0.3 is 4.52 Å². The van der Waals surface area contributed by atoms with Crippen LogP contribution in [0.1, 0.15) is 30.1 Å². The monoisotopic (exact) mass is 423 g/mol. The van der Waals surface area contributed by atoms with Crippen LogP contribution in [0.15, 0.2) is 45.1 Å². The van der Waals surface area contributed by atoms with Crippen molar-refractivity contribution in [1.82, 2.24) is 14.4 Å². The van der Waals surface area contributed by atoms with Crippen molar-refractivity contribution in [2.45, 2.75) is 29.9 Å². The lowest BCUT2D eigenvalue weighted by molar-refractivity contribution is 0.303. The van der Waals surface area contributed by atoms with Crippen LogP contribution in [0.3, 0.4) is 0 Å². The van der Waals surface area contributed by atoms with Crippen LogP contribution in [0.2, 0.25) is 4.34 Å². The molecule has 1 unspecified atom stereocenters. The minimum atomic E-state index is -3.55. The van der Waals surface area contributed by atoms with Crippen molar-refractivity contribution in [2.75, 3.05) is 13.1 Å². The van der Waals surface area contributed by atoms with Crippen LogP contribution in [-0.4, -0.2) is 36.0 Å². The molecule has 27 heavy (non-hydrogen) atoms. The van der Waals surface area contributed by atoms with Gasteiger partial charge in [0.2, 0.25) is 0 Å². The third-order valence-electron chi connectivity index (χ3n) is 4.63. The first kappa shape index (κ1) is 18.6. The third kappa shape index (κ3) is 3.80. The molecule has 0 aliphatic carbocycles. The minimum absolute atomic E-state index is 0.0908. The number of hydrogen-bond donors (Lipinski definition) is 0. The van der Waals surface area contributed by atoms with Crippen molar-refractivity contribution in [2.24, 2.45) is 0 Å². The number of piperidine rings is 1. The molecule has 0 spiro atoms. The van der Waals surface area contributed by atoms with E-state index in [0.29, 0.717) is 29.1 Å². The Morgan fingerprint density at radius 1 is 1.22 bits per heavy atom. The summed E-state index contributed by atoms with van der Waals surface area (Å²) in [6, 6.07) is 11.0. The molecule has 1 saturated heterocycles. The molecule has 9 heteroatoms. The van der Waals surface area contributed by atoms with E-state index in [1.54, 1.807) is 12.1 Å². The quantitative estimate of drug-likeness (QED) is 0.624. The van der Waals surface area contributed by atoms with E-state index in [9.17, 15) is 8.42 Å². The Hall–Kier alpha value is -1.74. The molecule has 1 aliphatic rings. The predicted molar refractivity (Wildman–Crippen MR) is 105 cm³/mol. The molecule has 3 heterocycles. The second-order valence-corrected chi connectivity index (χ2v) is 10.5. The van der Waals surface area contributed by atoms with Gasteiger partial charge in [0.05, 0.1) is 4.34 Å². The van der Waals surface area contributed by atoms with Gasteiger partial charge in [-0.2, -0.15) is 9.29 Å². The van der Waals surface area contributed by atoms with Gasteiger partial charge in [0.15, 0.2) is 5.82 Å². The standard InChI is InChI=1S/C18H18ClN3O3S2/c1-12-4-6-13(7-5-12)18-20-17(21-25-18)14-3-2-10-22(11-14)27(23,24)16-9-8-15(19)26-16/h4-9,14H,2-3,10-11H2,1H3. The molecule has 0 N–H and O–H groups in total. The number of sulfonamides is 1. The van der Waals surface area contributed by atoms with Crippen LogP contribution in [0.5, 0.6) is 0 Å². The van der Waals surface area contributed by atoms with Crippen LogP contribution in [0, 0.1) is 6.92 Å². The summed E-state index contributed by atoms with van der Waals surface area (Å²) in [4.78, 5) is 4.51. The molecule has 0 radical (unpaired) electrons. The highest BCUT2D eigenvalue weighted by Gasteiger charge is 2.33. The largest absolute Gasteiger partial charge is 0.334 e. The van der Waals surface area contributed by atoms with Crippen LogP contribution < -0.4 is 0 Å². The minimum Gasteiger partial charge on any atom is -0.334 e. The molecular formula is C18H18ClN3O3S2. The van der Waals surface area contributed by atoms with E-state index in [-0.39, 0.29) is 10.1 Å². The molecule has 0 amide bonds. The zero-order valence-corrected chi connectivity index (χ0v) is 17.0. The normalized spacial score (nSPS) is 18.7. The van der Waals surface area contributed by atoms with Crippen LogP contribution >= 0.6 is 22.9 Å². The van der Waals surface area contributed by atoms with Crippen molar-refractivity contribution in [3.8, 4) is 11.5 Å². The molecule has 1 aromatic carbocycles. The Balaban J connectivity index is 1.54. The molecule has 4 rings (SSSR count). The number of rotatable bonds is 4. The van der Waals surface area contributed by atoms with Gasteiger partial charge in [0, 0.05) is 24.6 Å². The number of thiophene rings is 1. The second-order valence-electron chi connectivity index (χ2n) is 6.58. The molecule has 2 aromatic heterocycles. The lowest BCUT2D eigenvalue weighted by Crippen LogP contribution is -2.39. The maximum absolute atomic E-state index is 12.8. The van der Waals surface area contributed by atoms with E-state index in [1.807, 2.05) is 31.2 Å². The van der Waals surface area contributed by atoms with Crippen molar-refractivity contribution in [3.63, 3.8) is 0 Å². The van der Waals surface area contributed by atoms with Gasteiger partial charge in [-0.3, -0.25) is 0 Å². The van der Waals surface area contributed by atoms with Crippen molar-refractivity contribution in [1.29, 1.82) is 0 Å². The average Bonchev–Trinajstić information content (AvgIpc) is 3.32. The number of aryl methyl sites for hydroxylation is 1. The first-order chi connectivity index (χ1) is 12.9. The lowest BCUT2D eigenvalue weighted by Gasteiger charge is -2.29. The maximum atomic E-state index is 12.8. The molecule has 3 aromatic rings. The Labute approximate surface area is 166 Å². The lowest BCUT2D eigenvalue weighted by atomic mass is 9.99. The fraction of sp³-hybridized carbons (Fsp3) is 0.333. The molecule has 0 saturated carbocycles. The Morgan fingerprint density at radius 2 is 2.00 bits per heavy atom. The first-order valence-corrected chi connectivity index (χ1v) is 11.2. The topological polar surface area (TPSA) is 76.3 Å². The van der Waals surface area contributed by atoms with E-state index in [2.05, 4.69) is 10.1 Å². The fourth-order valence-electron chi connectivity index (χ4n) is 3.15. The number of aromatic nitrogens is 2. The van der Waals surface area contributed by atoms with Gasteiger partial charge in [-0.1, -0.05) is 34.5 Å². The molecule has 6 nitrogen and oxygen atoms in total. The van der Waals surface area contributed by atoms with Crippen molar-refractivity contribution >= 4 is 33.0 Å². The molecule has 0 bridgehead atoms. The van der Waals surface area contributed by atoms with E-state index in [4.69, 9.17) is 16.1 Å². The summed E-state index contributed by atoms with van der Waals surface area (Å²) in [6.07, 6.45) is 1.57. The van der Waals surface area contributed by atoms with Crippen LogP contribution in [-0.2, 0) is 10.0 Å². The van der Waals surface area contributed by atoms with Crippen LogP contribution in [0.4, 0.5) is 0 Å². The van der Waals surface area contributed by atoms with Gasteiger partial charge >= 0.3 is 0 Å². The summed E-state index contributed by atoms with van der Waals surface area (Å²) >= 11 is 6.98. The third-order valence-corrected chi connectivity index (χ3v) is 8.20. The predicted octanol–water partition coefficient (Wildman–Crippen LogP) is 4.33. The summed E-state index contributed by atoms with van der Waals surface area (Å²) in [5, 5.41) is 4.11. The highest BCUT2D eigenvalue weighted by atomic mass is 35.5. The summed E-state index contributed by atoms with van der Waals surface area (Å²) < 4.78 is 33.3. The summed E-state index contributed by atoms with van der Waals surface area (Å²) in [6.45, 7) is 2.84. The van der Waals surface area contributed by atoms with E-state index in [0.717, 1.165) is 35.3 Å². The Morgan fingerprint density at radius 3 is 2.70 bits per heavy atom. The second kappa shape index (κ2) is 7.35. The smallest absolute Gasteiger partial charge is 0.257 e. The first-order valence-electron chi connectivity index (χ1n) is 8.59. The van der Waals surface area contributed by atoms with Crippen molar-refractivity contribution < 1.29 is 12.9 Å². The molecule has 142 valence electrons. The van der Waals surface area contributed by atoms with Gasteiger partial charge in [0.1, 0.15) is 4.21 Å². The fourth-order valence-corrected chi connectivity index (χ4v) is 6.31. The number of halogens is 1. The van der Waals surface area contributed by atoms with E-state index in [1.165, 1.54) is 4.31 Å². The zero-order valence-electron chi connectivity index (χ0n) is 14.6. The summed E-state index contributed by atoms with van der Waals surface area (Å²) in [5.74, 6) is 0.914. The van der Waals surface area contributed by atoms with Crippen LogP contribution in [0.25, 0.3) is 11.5 Å². The Kier molecular flexibility index (Phi) is 5.07. The molecule has 1 aliphatic heterocycles. The molecule has 1 fully saturated rings. The van der Waals surface area contributed by atoms with E-state index < -0.39 is 10.0 Å². The average molecular weight is 424 g/mol. The maximum Gasteiger partial charge on any atom is 0.257 e. The number of hydrogen-bond acceptors (Lipinski definition) is 6. The SMILES string of the molecule is Cc1ccc(-c2nc(C3CCCN(S(=O)(=O)c4ccc(Cl)s4)C3)no2)cc1. The highest BCUT2D eigenvalue weighted by molar-refractivity contribution is 7.91. The van der Waals surface area contributed by atoms with Crippen molar-refractivity contribution in [3.05, 3.63) is 52.1 Å². The van der Waals surface area contributed by atoms with E-state index >= 15 is 0 Å². The highest BCUT2D eigenvalue weighted by Crippen LogP contribution is 2.33. The summed E-state index contributed by atoms with van der Waals surface area (Å²) in [5.41, 5.74) is 2.01. The molecule has 1 atom stereocenters. The number of nitrogens with zero attached hydrogens (tertiary/aromatic N) is 3. The zero-order chi connectivity index (χ0) is 19.0.